The first kappa shape index (κ1) is 25.1. The van der Waals surface area contributed by atoms with Crippen molar-refractivity contribution in [3.8, 4) is 11.5 Å². The molecular weight excluding hydrogens is 486 g/mol. The Bertz CT molecular complexity index is 1470. The Morgan fingerprint density at radius 1 is 1.08 bits per heavy atom. The number of ketones is 1. The number of aromatic amines is 1. The number of H-pyrrole nitrogens is 1. The summed E-state index contributed by atoms with van der Waals surface area (Å²) in [7, 11) is 3.18. The van der Waals surface area contributed by atoms with Crippen molar-refractivity contribution in [3.05, 3.63) is 86.3 Å². The summed E-state index contributed by atoms with van der Waals surface area (Å²) >= 11 is 1.48. The van der Waals surface area contributed by atoms with Gasteiger partial charge in [-0.15, -0.1) is 0 Å². The molecule has 0 amide bonds. The summed E-state index contributed by atoms with van der Waals surface area (Å²) in [6, 6.07) is 13.7. The maximum atomic E-state index is 13.6. The van der Waals surface area contributed by atoms with E-state index in [0.717, 1.165) is 11.3 Å². The van der Waals surface area contributed by atoms with Gasteiger partial charge in [-0.3, -0.25) is 9.59 Å². The third-order valence-electron chi connectivity index (χ3n) is 6.91. The molecule has 2 aromatic carbocycles. The zero-order valence-electron chi connectivity index (χ0n) is 21.7. The van der Waals surface area contributed by atoms with Crippen molar-refractivity contribution in [1.29, 1.82) is 0 Å². The van der Waals surface area contributed by atoms with E-state index in [2.05, 4.69) is 49.3 Å². The molecule has 192 valence electrons. The lowest BCUT2D eigenvalue weighted by Crippen LogP contribution is -2.37. The molecule has 5 rings (SSSR count). The second-order valence-corrected chi connectivity index (χ2v) is 11.4. The van der Waals surface area contributed by atoms with E-state index in [1.54, 1.807) is 26.4 Å². The Balaban J connectivity index is 1.64. The Morgan fingerprint density at radius 2 is 1.89 bits per heavy atom. The number of benzene rings is 2. The first-order valence-corrected chi connectivity index (χ1v) is 13.3. The molecular formula is C29H31N3O4S. The van der Waals surface area contributed by atoms with Gasteiger partial charge in [0.05, 0.1) is 25.7 Å². The van der Waals surface area contributed by atoms with Crippen LogP contribution in [-0.2, 0) is 10.5 Å². The lowest BCUT2D eigenvalue weighted by molar-refractivity contribution is -0.118. The molecule has 1 aliphatic carbocycles. The van der Waals surface area contributed by atoms with Crippen LogP contribution in [0.3, 0.4) is 0 Å². The lowest BCUT2D eigenvalue weighted by atomic mass is 9.69. The fraction of sp³-hybridized carbons (Fsp3) is 0.345. The van der Waals surface area contributed by atoms with Crippen molar-refractivity contribution in [3.63, 3.8) is 0 Å². The minimum Gasteiger partial charge on any atom is -0.497 e. The Labute approximate surface area is 220 Å². The number of hydrogen-bond donors (Lipinski definition) is 2. The van der Waals surface area contributed by atoms with Gasteiger partial charge in [0.15, 0.2) is 10.9 Å². The molecule has 0 unspecified atom stereocenters. The summed E-state index contributed by atoms with van der Waals surface area (Å²) in [4.78, 5) is 35.0. The summed E-state index contributed by atoms with van der Waals surface area (Å²) in [5.74, 6) is 1.77. The van der Waals surface area contributed by atoms with Crippen molar-refractivity contribution in [2.75, 3.05) is 19.5 Å². The fourth-order valence-corrected chi connectivity index (χ4v) is 6.09. The fourth-order valence-electron chi connectivity index (χ4n) is 5.29. The van der Waals surface area contributed by atoms with Crippen LogP contribution >= 0.6 is 11.8 Å². The molecule has 37 heavy (non-hydrogen) atoms. The molecule has 0 radical (unpaired) electrons. The quantitative estimate of drug-likeness (QED) is 0.325. The molecule has 0 spiro atoms. The standard InChI is InChI=1S/C29H31N3O4S/c1-16-7-6-8-17(11-16)15-37-28-31-26-25(27(34)32-28)23(19-12-18(35-4)9-10-22(19)36-5)24-20(30-26)13-29(2,3)14-21(24)33/h6-12,23H,13-15H2,1-5H3,(H2,30,31,32,34)/t23-/m1/s1. The highest BCUT2D eigenvalue weighted by Gasteiger charge is 2.43. The predicted molar refractivity (Wildman–Crippen MR) is 146 cm³/mol. The topological polar surface area (TPSA) is 93.3 Å². The van der Waals surface area contributed by atoms with Crippen molar-refractivity contribution >= 4 is 23.4 Å². The molecule has 1 aliphatic heterocycles. The van der Waals surface area contributed by atoms with Gasteiger partial charge in [0.2, 0.25) is 0 Å². The van der Waals surface area contributed by atoms with E-state index in [9.17, 15) is 9.59 Å². The summed E-state index contributed by atoms with van der Waals surface area (Å²) in [5.41, 5.74) is 4.40. The minimum atomic E-state index is -0.619. The number of nitrogens with zero attached hydrogens (tertiary/aromatic N) is 1. The molecule has 8 heteroatoms. The number of anilines is 1. The molecule has 2 aliphatic rings. The third kappa shape index (κ3) is 4.90. The van der Waals surface area contributed by atoms with Crippen molar-refractivity contribution in [2.45, 2.75) is 50.4 Å². The van der Waals surface area contributed by atoms with Gasteiger partial charge in [0.25, 0.3) is 5.56 Å². The molecule has 0 fully saturated rings. The van der Waals surface area contributed by atoms with Gasteiger partial charge >= 0.3 is 0 Å². The Hall–Kier alpha value is -3.52. The van der Waals surface area contributed by atoms with E-state index < -0.39 is 5.92 Å². The molecule has 2 heterocycles. The van der Waals surface area contributed by atoms with Crippen LogP contribution in [-0.4, -0.2) is 30.0 Å². The Morgan fingerprint density at radius 3 is 2.62 bits per heavy atom. The summed E-state index contributed by atoms with van der Waals surface area (Å²) in [6.45, 7) is 6.23. The van der Waals surface area contributed by atoms with Gasteiger partial charge in [0.1, 0.15) is 17.3 Å². The number of aromatic nitrogens is 2. The average molecular weight is 518 g/mol. The summed E-state index contributed by atoms with van der Waals surface area (Å²) in [6.07, 6.45) is 1.08. The number of hydrogen-bond acceptors (Lipinski definition) is 7. The number of thioether (sulfide) groups is 1. The third-order valence-corrected chi connectivity index (χ3v) is 7.85. The number of nitrogens with one attached hydrogen (secondary N) is 2. The zero-order valence-corrected chi connectivity index (χ0v) is 22.5. The highest BCUT2D eigenvalue weighted by atomic mass is 32.2. The monoisotopic (exact) mass is 517 g/mol. The van der Waals surface area contributed by atoms with Gasteiger partial charge in [-0.1, -0.05) is 55.4 Å². The molecule has 1 aromatic heterocycles. The van der Waals surface area contributed by atoms with Crippen molar-refractivity contribution < 1.29 is 14.3 Å². The SMILES string of the molecule is COc1ccc(OC)c([C@@H]2C3=C(CC(C)(C)CC3=O)Nc3nc(SCc4cccc(C)c4)[nH]c(=O)c32)c1. The van der Waals surface area contributed by atoms with Crippen LogP contribution in [0.25, 0.3) is 0 Å². The van der Waals surface area contributed by atoms with Crippen LogP contribution in [0.1, 0.15) is 54.9 Å². The number of allylic oxidation sites excluding steroid dienone is 2. The molecule has 7 nitrogen and oxygen atoms in total. The van der Waals surface area contributed by atoms with E-state index in [-0.39, 0.29) is 16.8 Å². The maximum Gasteiger partial charge on any atom is 0.257 e. The first-order chi connectivity index (χ1) is 17.7. The van der Waals surface area contributed by atoms with E-state index >= 15 is 0 Å². The van der Waals surface area contributed by atoms with Crippen LogP contribution in [0.2, 0.25) is 0 Å². The number of Topliss-reactive ketones (excluding diaryl/α,β-unsaturated/α-hetero) is 1. The van der Waals surface area contributed by atoms with Crippen molar-refractivity contribution in [2.24, 2.45) is 5.41 Å². The van der Waals surface area contributed by atoms with Crippen LogP contribution in [0.5, 0.6) is 11.5 Å². The van der Waals surface area contributed by atoms with Crippen LogP contribution in [0, 0.1) is 12.3 Å². The number of ether oxygens (including phenoxy) is 2. The zero-order chi connectivity index (χ0) is 26.3. The first-order valence-electron chi connectivity index (χ1n) is 12.3. The maximum absolute atomic E-state index is 13.6. The average Bonchev–Trinajstić information content (AvgIpc) is 2.85. The highest BCUT2D eigenvalue weighted by Crippen LogP contribution is 2.49. The summed E-state index contributed by atoms with van der Waals surface area (Å²) < 4.78 is 11.2. The number of carbonyl (C=O) groups is 1. The van der Waals surface area contributed by atoms with E-state index in [1.165, 1.54) is 17.3 Å². The number of carbonyl (C=O) groups excluding carboxylic acids is 1. The number of methoxy groups -OCH3 is 2. The van der Waals surface area contributed by atoms with Gasteiger partial charge in [-0.05, 0) is 42.5 Å². The molecule has 0 bridgehead atoms. The Kier molecular flexibility index (Phi) is 6.62. The smallest absolute Gasteiger partial charge is 0.257 e. The molecule has 1 atom stereocenters. The predicted octanol–water partition coefficient (Wildman–Crippen LogP) is 5.59. The largest absolute Gasteiger partial charge is 0.497 e. The second kappa shape index (κ2) is 9.74. The lowest BCUT2D eigenvalue weighted by Gasteiger charge is -2.38. The van der Waals surface area contributed by atoms with Crippen LogP contribution in [0.4, 0.5) is 5.82 Å². The molecule has 0 saturated heterocycles. The second-order valence-electron chi connectivity index (χ2n) is 10.4. The van der Waals surface area contributed by atoms with Crippen LogP contribution < -0.4 is 20.3 Å². The number of fused-ring (bicyclic) bond motifs is 1. The van der Waals surface area contributed by atoms with E-state index in [1.807, 2.05) is 12.1 Å². The molecule has 0 saturated carbocycles. The van der Waals surface area contributed by atoms with E-state index in [4.69, 9.17) is 14.5 Å². The van der Waals surface area contributed by atoms with Crippen LogP contribution in [0.15, 0.2) is 63.7 Å². The van der Waals surface area contributed by atoms with Gasteiger partial charge < -0.3 is 19.8 Å². The number of rotatable bonds is 6. The molecule has 2 N–H and O–H groups in total. The molecule has 3 aromatic rings. The van der Waals surface area contributed by atoms with E-state index in [0.29, 0.717) is 57.8 Å². The summed E-state index contributed by atoms with van der Waals surface area (Å²) in [5, 5.41) is 3.91. The van der Waals surface area contributed by atoms with Gasteiger partial charge in [-0.25, -0.2) is 4.98 Å². The normalized spacial score (nSPS) is 18.1. The highest BCUT2D eigenvalue weighted by molar-refractivity contribution is 7.98. The minimum absolute atomic E-state index is 0.0246. The van der Waals surface area contributed by atoms with Crippen molar-refractivity contribution in [1.82, 2.24) is 9.97 Å². The van der Waals surface area contributed by atoms with Gasteiger partial charge in [-0.2, -0.15) is 0 Å². The number of aryl methyl sites for hydroxylation is 1. The van der Waals surface area contributed by atoms with Gasteiger partial charge in [0, 0.05) is 29.0 Å².